The van der Waals surface area contributed by atoms with Crippen molar-refractivity contribution in [2.24, 2.45) is 0 Å². The fourth-order valence-electron chi connectivity index (χ4n) is 3.72. The molecule has 1 aliphatic rings. The smallest absolute Gasteiger partial charge is 0.229 e. The van der Waals surface area contributed by atoms with Crippen molar-refractivity contribution in [3.63, 3.8) is 0 Å². The summed E-state index contributed by atoms with van der Waals surface area (Å²) < 4.78 is 5.64. The topological polar surface area (TPSA) is 87.6 Å². The maximum absolute atomic E-state index is 11.4. The van der Waals surface area contributed by atoms with E-state index in [0.29, 0.717) is 30.7 Å². The van der Waals surface area contributed by atoms with Crippen molar-refractivity contribution in [3.05, 3.63) is 70.9 Å². The number of ether oxygens (including phenoxy) is 1. The number of aliphatic hydroxyl groups excluding tert-OH is 1. The number of nitrogens with one attached hydrogen (secondary N) is 1. The Morgan fingerprint density at radius 2 is 2.18 bits per heavy atom. The maximum Gasteiger partial charge on any atom is 0.229 e. The summed E-state index contributed by atoms with van der Waals surface area (Å²) in [5.74, 6) is 1.17. The third kappa shape index (κ3) is 5.80. The second kappa shape index (κ2) is 10.8. The van der Waals surface area contributed by atoms with Crippen molar-refractivity contribution in [1.29, 1.82) is 0 Å². The number of halogens is 1. The molecule has 1 saturated heterocycles. The van der Waals surface area contributed by atoms with Gasteiger partial charge in [-0.3, -0.25) is 4.79 Å². The van der Waals surface area contributed by atoms with Gasteiger partial charge in [0, 0.05) is 35.6 Å². The first kappa shape index (κ1) is 23.9. The Balaban J connectivity index is 1.73. The van der Waals surface area contributed by atoms with Crippen LogP contribution < -0.4 is 10.2 Å². The molecule has 4 rings (SSSR count). The van der Waals surface area contributed by atoms with Crippen LogP contribution >= 0.6 is 11.6 Å². The molecule has 176 valence electrons. The minimum absolute atomic E-state index is 0.00979. The number of rotatable bonds is 7. The normalized spacial score (nSPS) is 16.1. The molecule has 1 atom stereocenters. The lowest BCUT2D eigenvalue weighted by atomic mass is 10.0. The highest BCUT2D eigenvalue weighted by Crippen LogP contribution is 2.32. The second-order valence-corrected chi connectivity index (χ2v) is 8.62. The number of hydrogen-bond acceptors (Lipinski definition) is 7. The molecule has 1 aliphatic heterocycles. The van der Waals surface area contributed by atoms with E-state index >= 15 is 0 Å². The van der Waals surface area contributed by atoms with Crippen LogP contribution in [-0.4, -0.2) is 53.3 Å². The van der Waals surface area contributed by atoms with Crippen molar-refractivity contribution in [2.45, 2.75) is 20.0 Å². The Morgan fingerprint density at radius 3 is 2.94 bits per heavy atom. The molecular formula is C26H27ClN4O3. The summed E-state index contributed by atoms with van der Waals surface area (Å²) in [4.78, 5) is 22.9. The SMILES string of the molecule is CC(=O)/C=C/c1cccc(-c2cnc(Nc3ccc(C)c(Cl)c3)nc2N2CCOC(CO)C2)c1. The summed E-state index contributed by atoms with van der Waals surface area (Å²) in [6.07, 6.45) is 4.84. The molecule has 1 unspecified atom stereocenters. The summed E-state index contributed by atoms with van der Waals surface area (Å²) in [6.45, 7) is 5.06. The van der Waals surface area contributed by atoms with Gasteiger partial charge in [-0.25, -0.2) is 4.98 Å². The lowest BCUT2D eigenvalue weighted by Crippen LogP contribution is -2.44. The fraction of sp³-hybridized carbons (Fsp3) is 0.269. The molecule has 0 saturated carbocycles. The molecule has 0 aliphatic carbocycles. The monoisotopic (exact) mass is 478 g/mol. The van der Waals surface area contributed by atoms with Crippen LogP contribution in [0.3, 0.4) is 0 Å². The van der Waals surface area contributed by atoms with Crippen LogP contribution in [0.4, 0.5) is 17.5 Å². The van der Waals surface area contributed by atoms with Gasteiger partial charge in [-0.2, -0.15) is 4.98 Å². The molecule has 0 amide bonds. The van der Waals surface area contributed by atoms with Crippen LogP contribution in [0.5, 0.6) is 0 Å². The van der Waals surface area contributed by atoms with Crippen LogP contribution in [0.2, 0.25) is 5.02 Å². The van der Waals surface area contributed by atoms with E-state index in [9.17, 15) is 9.90 Å². The van der Waals surface area contributed by atoms with Crippen molar-refractivity contribution in [3.8, 4) is 11.1 Å². The third-order valence-corrected chi connectivity index (χ3v) is 5.95. The first-order chi connectivity index (χ1) is 16.4. The number of aromatic nitrogens is 2. The number of aryl methyl sites for hydroxylation is 1. The van der Waals surface area contributed by atoms with Gasteiger partial charge >= 0.3 is 0 Å². The summed E-state index contributed by atoms with van der Waals surface area (Å²) in [5.41, 5.74) is 4.47. The molecule has 8 heteroatoms. The highest BCUT2D eigenvalue weighted by molar-refractivity contribution is 6.31. The Kier molecular flexibility index (Phi) is 7.57. The molecule has 34 heavy (non-hydrogen) atoms. The number of aliphatic hydroxyl groups is 1. The zero-order chi connectivity index (χ0) is 24.1. The lowest BCUT2D eigenvalue weighted by molar-refractivity contribution is -0.112. The molecular weight excluding hydrogens is 452 g/mol. The van der Waals surface area contributed by atoms with E-state index in [1.165, 1.54) is 6.92 Å². The molecule has 0 bridgehead atoms. The third-order valence-electron chi connectivity index (χ3n) is 5.55. The number of nitrogens with zero attached hydrogens (tertiary/aromatic N) is 3. The lowest BCUT2D eigenvalue weighted by Gasteiger charge is -2.34. The van der Waals surface area contributed by atoms with E-state index in [-0.39, 0.29) is 18.5 Å². The number of anilines is 3. The first-order valence-corrected chi connectivity index (χ1v) is 11.5. The predicted octanol–water partition coefficient (Wildman–Crippen LogP) is 4.65. The molecule has 0 spiro atoms. The number of benzene rings is 2. The van der Waals surface area contributed by atoms with Gasteiger partial charge in [0.25, 0.3) is 0 Å². The maximum atomic E-state index is 11.4. The number of carbonyl (C=O) groups is 1. The van der Waals surface area contributed by atoms with E-state index in [1.54, 1.807) is 18.3 Å². The van der Waals surface area contributed by atoms with Crippen LogP contribution in [-0.2, 0) is 9.53 Å². The summed E-state index contributed by atoms with van der Waals surface area (Å²) in [5, 5.41) is 13.5. The van der Waals surface area contributed by atoms with Gasteiger partial charge in [0.15, 0.2) is 5.78 Å². The van der Waals surface area contributed by atoms with Crippen LogP contribution in [0.1, 0.15) is 18.1 Å². The van der Waals surface area contributed by atoms with E-state index < -0.39 is 0 Å². The number of morpholine rings is 1. The average Bonchev–Trinajstić information content (AvgIpc) is 2.85. The summed E-state index contributed by atoms with van der Waals surface area (Å²) >= 11 is 6.28. The van der Waals surface area contributed by atoms with Gasteiger partial charge in [0.05, 0.1) is 19.3 Å². The van der Waals surface area contributed by atoms with Crippen molar-refractivity contribution in [2.75, 3.05) is 36.5 Å². The minimum Gasteiger partial charge on any atom is -0.394 e. The molecule has 1 fully saturated rings. The Labute approximate surface area is 204 Å². The molecule has 1 aromatic heterocycles. The van der Waals surface area contributed by atoms with Gasteiger partial charge in [-0.15, -0.1) is 0 Å². The molecule has 3 aromatic rings. The van der Waals surface area contributed by atoms with Gasteiger partial charge in [0.2, 0.25) is 5.95 Å². The van der Waals surface area contributed by atoms with Crippen molar-refractivity contribution < 1.29 is 14.6 Å². The number of carbonyl (C=O) groups excluding carboxylic acids is 1. The van der Waals surface area contributed by atoms with Gasteiger partial charge < -0.3 is 20.1 Å². The van der Waals surface area contributed by atoms with Gasteiger partial charge in [0.1, 0.15) is 5.82 Å². The van der Waals surface area contributed by atoms with Crippen LogP contribution in [0, 0.1) is 6.92 Å². The molecule has 2 heterocycles. The Hall–Kier alpha value is -3.26. The standard InChI is InChI=1S/C26H27ClN4O3/c1-17-6-9-21(13-24(17)27)29-26-28-14-23(20-5-3-4-19(12-20)8-7-18(2)33)25(30-26)31-10-11-34-22(15-31)16-32/h3-9,12-14,22,32H,10-11,15-16H2,1-2H3,(H,28,29,30)/b8-7+. The van der Waals surface area contributed by atoms with E-state index in [0.717, 1.165) is 33.8 Å². The van der Waals surface area contributed by atoms with Crippen molar-refractivity contribution >= 4 is 40.9 Å². The first-order valence-electron chi connectivity index (χ1n) is 11.1. The number of hydrogen-bond donors (Lipinski definition) is 2. The highest BCUT2D eigenvalue weighted by atomic mass is 35.5. The zero-order valence-corrected chi connectivity index (χ0v) is 19.9. The van der Waals surface area contributed by atoms with Crippen LogP contribution in [0.25, 0.3) is 17.2 Å². The van der Waals surface area contributed by atoms with Gasteiger partial charge in [-0.05, 0) is 54.8 Å². The molecule has 7 nitrogen and oxygen atoms in total. The Bertz CT molecular complexity index is 1210. The molecule has 2 aromatic carbocycles. The predicted molar refractivity (Wildman–Crippen MR) is 136 cm³/mol. The van der Waals surface area contributed by atoms with Gasteiger partial charge in [-0.1, -0.05) is 41.9 Å². The number of ketones is 1. The number of allylic oxidation sites excluding steroid dienone is 1. The zero-order valence-electron chi connectivity index (χ0n) is 19.2. The highest BCUT2D eigenvalue weighted by Gasteiger charge is 2.24. The summed E-state index contributed by atoms with van der Waals surface area (Å²) in [6, 6.07) is 13.6. The summed E-state index contributed by atoms with van der Waals surface area (Å²) in [7, 11) is 0. The van der Waals surface area contributed by atoms with E-state index in [2.05, 4.69) is 15.2 Å². The van der Waals surface area contributed by atoms with E-state index in [4.69, 9.17) is 21.3 Å². The van der Waals surface area contributed by atoms with Crippen molar-refractivity contribution in [1.82, 2.24) is 9.97 Å². The van der Waals surface area contributed by atoms with E-state index in [1.807, 2.05) is 49.4 Å². The van der Waals surface area contributed by atoms with Crippen LogP contribution in [0.15, 0.2) is 54.7 Å². The Morgan fingerprint density at radius 1 is 1.32 bits per heavy atom. The molecule has 0 radical (unpaired) electrons. The molecule has 2 N–H and O–H groups in total. The average molecular weight is 479 g/mol. The largest absolute Gasteiger partial charge is 0.394 e. The quantitative estimate of drug-likeness (QED) is 0.478. The second-order valence-electron chi connectivity index (χ2n) is 8.21. The fourth-order valence-corrected chi connectivity index (χ4v) is 3.90. The minimum atomic E-state index is -0.284.